The van der Waals surface area contributed by atoms with Crippen molar-refractivity contribution in [1.29, 1.82) is 0 Å². The number of rotatable bonds is 4. The number of hydrogen-bond donors (Lipinski definition) is 2. The summed E-state index contributed by atoms with van der Waals surface area (Å²) in [6.07, 6.45) is 3.43. The van der Waals surface area contributed by atoms with Crippen molar-refractivity contribution in [2.24, 2.45) is 0 Å². The van der Waals surface area contributed by atoms with Crippen LogP contribution in [0.15, 0.2) is 41.8 Å². The summed E-state index contributed by atoms with van der Waals surface area (Å²) < 4.78 is 1.83. The molecule has 0 aliphatic heterocycles. The van der Waals surface area contributed by atoms with E-state index in [0.29, 0.717) is 10.2 Å². The van der Waals surface area contributed by atoms with Crippen LogP contribution in [0.4, 0.5) is 4.79 Å². The fourth-order valence-electron chi connectivity index (χ4n) is 1.69. The van der Waals surface area contributed by atoms with E-state index < -0.39 is 11.3 Å². The van der Waals surface area contributed by atoms with E-state index in [4.69, 9.17) is 11.6 Å². The molecule has 8 heteroatoms. The van der Waals surface area contributed by atoms with E-state index in [1.54, 1.807) is 25.4 Å². The average Bonchev–Trinajstić information content (AvgIpc) is 2.95. The molecule has 1 atom stereocenters. The molecule has 0 saturated carbocycles. The van der Waals surface area contributed by atoms with Crippen LogP contribution >= 0.6 is 23.4 Å². The zero-order valence-corrected chi connectivity index (χ0v) is 13.6. The van der Waals surface area contributed by atoms with Crippen LogP contribution in [-0.2, 0) is 4.79 Å². The van der Waals surface area contributed by atoms with E-state index in [1.165, 1.54) is 18.8 Å². The number of nitrogens with one attached hydrogen (secondary N) is 2. The Morgan fingerprint density at radius 2 is 2.18 bits per heavy atom. The number of aromatic nitrogens is 2. The largest absolute Gasteiger partial charge is 0.341 e. The number of benzene rings is 1. The normalized spacial score (nSPS) is 11.8. The molecule has 1 aromatic heterocycles. The Morgan fingerprint density at radius 1 is 1.41 bits per heavy atom. The van der Waals surface area contributed by atoms with Gasteiger partial charge in [0.2, 0.25) is 5.91 Å². The van der Waals surface area contributed by atoms with Gasteiger partial charge in [-0.05, 0) is 25.1 Å². The molecule has 1 unspecified atom stereocenters. The van der Waals surface area contributed by atoms with Crippen LogP contribution < -0.4 is 10.6 Å². The highest BCUT2D eigenvalue weighted by Gasteiger charge is 2.19. The van der Waals surface area contributed by atoms with E-state index >= 15 is 0 Å². The smallest absolute Gasteiger partial charge is 0.321 e. The highest BCUT2D eigenvalue weighted by Crippen LogP contribution is 2.25. The molecule has 0 fully saturated rings. The number of thioether (sulfide) groups is 1. The van der Waals surface area contributed by atoms with Gasteiger partial charge in [-0.1, -0.05) is 29.4 Å². The predicted octanol–water partition coefficient (Wildman–Crippen LogP) is 2.46. The van der Waals surface area contributed by atoms with Crippen molar-refractivity contribution >= 4 is 35.3 Å². The lowest BCUT2D eigenvalue weighted by molar-refractivity contribution is -0.119. The van der Waals surface area contributed by atoms with Crippen LogP contribution in [0, 0.1) is 0 Å². The van der Waals surface area contributed by atoms with Gasteiger partial charge in [-0.25, -0.2) is 9.78 Å². The Labute approximate surface area is 137 Å². The molecule has 2 aromatic rings. The number of amides is 3. The molecule has 6 nitrogen and oxygen atoms in total. The van der Waals surface area contributed by atoms with Gasteiger partial charge < -0.3 is 5.32 Å². The van der Waals surface area contributed by atoms with E-state index in [1.807, 2.05) is 22.8 Å². The molecule has 0 saturated heterocycles. The molecular formula is C14H15ClN4O2S. The molecule has 0 aliphatic rings. The van der Waals surface area contributed by atoms with Crippen LogP contribution in [0.25, 0.3) is 5.69 Å². The van der Waals surface area contributed by atoms with E-state index in [0.717, 1.165) is 5.69 Å². The standard InChI is InChI=1S/C14H15ClN4O2S/c1-9(12(20)18-13(21)16-2)22-14-17-6-7-19(14)11-5-3-4-10(15)8-11/h3-9H,1-2H3,(H2,16,18,20,21). The second-order valence-corrected chi connectivity index (χ2v) is 6.13. The SMILES string of the molecule is CNC(=O)NC(=O)C(C)Sc1nccn1-c1cccc(Cl)c1. The molecule has 0 aliphatic carbocycles. The zero-order chi connectivity index (χ0) is 16.1. The van der Waals surface area contributed by atoms with E-state index in [2.05, 4.69) is 15.6 Å². The number of hydrogen-bond acceptors (Lipinski definition) is 4. The van der Waals surface area contributed by atoms with Crippen LogP contribution in [0.1, 0.15) is 6.92 Å². The Kier molecular flexibility index (Phi) is 5.46. The van der Waals surface area contributed by atoms with Gasteiger partial charge in [-0.3, -0.25) is 14.7 Å². The van der Waals surface area contributed by atoms with Gasteiger partial charge in [-0.15, -0.1) is 0 Å². The van der Waals surface area contributed by atoms with E-state index in [-0.39, 0.29) is 5.91 Å². The Morgan fingerprint density at radius 3 is 2.86 bits per heavy atom. The van der Waals surface area contributed by atoms with Gasteiger partial charge in [0, 0.05) is 30.2 Å². The maximum absolute atomic E-state index is 11.9. The predicted molar refractivity (Wildman–Crippen MR) is 86.5 cm³/mol. The lowest BCUT2D eigenvalue weighted by atomic mass is 10.3. The molecule has 1 aromatic carbocycles. The number of carbonyl (C=O) groups excluding carboxylic acids is 2. The number of imide groups is 1. The summed E-state index contributed by atoms with van der Waals surface area (Å²) in [4.78, 5) is 27.3. The van der Waals surface area contributed by atoms with Gasteiger partial charge in [0.25, 0.3) is 0 Å². The van der Waals surface area contributed by atoms with Crippen LogP contribution in [-0.4, -0.2) is 33.8 Å². The first kappa shape index (κ1) is 16.4. The summed E-state index contributed by atoms with van der Waals surface area (Å²) in [6, 6.07) is 6.80. The zero-order valence-electron chi connectivity index (χ0n) is 12.0. The molecule has 116 valence electrons. The van der Waals surface area contributed by atoms with Crippen LogP contribution in [0.5, 0.6) is 0 Å². The number of nitrogens with zero attached hydrogens (tertiary/aromatic N) is 2. The number of carbonyl (C=O) groups is 2. The minimum atomic E-state index is -0.532. The first-order valence-corrected chi connectivity index (χ1v) is 7.75. The molecule has 22 heavy (non-hydrogen) atoms. The third-order valence-electron chi connectivity index (χ3n) is 2.81. The first-order valence-electron chi connectivity index (χ1n) is 6.50. The minimum absolute atomic E-state index is 0.384. The lowest BCUT2D eigenvalue weighted by Crippen LogP contribution is -2.41. The Hall–Kier alpha value is -1.99. The van der Waals surface area contributed by atoms with Gasteiger partial charge in [0.15, 0.2) is 5.16 Å². The van der Waals surface area contributed by atoms with Crippen molar-refractivity contribution < 1.29 is 9.59 Å². The first-order chi connectivity index (χ1) is 10.5. The lowest BCUT2D eigenvalue weighted by Gasteiger charge is -2.12. The van der Waals surface area contributed by atoms with Crippen LogP contribution in [0.2, 0.25) is 5.02 Å². The summed E-state index contributed by atoms with van der Waals surface area (Å²) in [5.74, 6) is -0.384. The number of halogens is 1. The second-order valence-electron chi connectivity index (χ2n) is 4.39. The molecule has 0 spiro atoms. The quantitative estimate of drug-likeness (QED) is 0.840. The summed E-state index contributed by atoms with van der Waals surface area (Å²) >= 11 is 7.25. The second kappa shape index (κ2) is 7.33. The van der Waals surface area contributed by atoms with Gasteiger partial charge in [0.05, 0.1) is 5.25 Å². The van der Waals surface area contributed by atoms with Crippen LogP contribution in [0.3, 0.4) is 0 Å². The average molecular weight is 339 g/mol. The third-order valence-corrected chi connectivity index (χ3v) is 4.12. The number of urea groups is 1. The minimum Gasteiger partial charge on any atom is -0.341 e. The number of imidazole rings is 1. The summed E-state index contributed by atoms with van der Waals surface area (Å²) in [5, 5.41) is 5.36. The summed E-state index contributed by atoms with van der Waals surface area (Å²) in [7, 11) is 1.45. The van der Waals surface area contributed by atoms with Crippen molar-refractivity contribution in [1.82, 2.24) is 20.2 Å². The topological polar surface area (TPSA) is 76.0 Å². The Balaban J connectivity index is 2.13. The van der Waals surface area contributed by atoms with Gasteiger partial charge >= 0.3 is 6.03 Å². The van der Waals surface area contributed by atoms with Gasteiger partial charge in [0.1, 0.15) is 0 Å². The van der Waals surface area contributed by atoms with Crippen molar-refractivity contribution in [3.63, 3.8) is 0 Å². The van der Waals surface area contributed by atoms with Crippen molar-refractivity contribution in [2.75, 3.05) is 7.05 Å². The molecule has 2 N–H and O–H groups in total. The third kappa shape index (κ3) is 4.02. The van der Waals surface area contributed by atoms with Crippen molar-refractivity contribution in [3.8, 4) is 5.69 Å². The molecule has 1 heterocycles. The maximum Gasteiger partial charge on any atom is 0.321 e. The summed E-state index contributed by atoms with van der Waals surface area (Å²) in [5.41, 5.74) is 0.853. The fourth-order valence-corrected chi connectivity index (χ4v) is 2.76. The monoisotopic (exact) mass is 338 g/mol. The highest BCUT2D eigenvalue weighted by molar-refractivity contribution is 8.00. The maximum atomic E-state index is 11.9. The van der Waals surface area contributed by atoms with Crippen molar-refractivity contribution in [3.05, 3.63) is 41.7 Å². The molecule has 0 radical (unpaired) electrons. The highest BCUT2D eigenvalue weighted by atomic mass is 35.5. The summed E-state index contributed by atoms with van der Waals surface area (Å²) in [6.45, 7) is 1.71. The van der Waals surface area contributed by atoms with Gasteiger partial charge in [-0.2, -0.15) is 0 Å². The molecule has 3 amide bonds. The fraction of sp³-hybridized carbons (Fsp3) is 0.214. The molecule has 0 bridgehead atoms. The Bertz CT molecular complexity index is 689. The van der Waals surface area contributed by atoms with E-state index in [9.17, 15) is 9.59 Å². The molecular weight excluding hydrogens is 324 g/mol. The van der Waals surface area contributed by atoms with Crippen molar-refractivity contribution in [2.45, 2.75) is 17.3 Å². The molecule has 2 rings (SSSR count).